The number of rotatable bonds is 5. The van der Waals surface area contributed by atoms with Gasteiger partial charge in [-0.2, -0.15) is 0 Å². The number of nitrogens with zero attached hydrogens (tertiary/aromatic N) is 4. The van der Waals surface area contributed by atoms with E-state index in [-0.39, 0.29) is 6.04 Å². The fourth-order valence-electron chi connectivity index (χ4n) is 5.16. The second-order valence-electron chi connectivity index (χ2n) is 8.96. The van der Waals surface area contributed by atoms with Gasteiger partial charge < -0.3 is 24.8 Å². The molecule has 8 heteroatoms. The Bertz CT molecular complexity index is 1260. The van der Waals surface area contributed by atoms with Crippen LogP contribution in [0.25, 0.3) is 16.7 Å². The standard InChI is InChI=1S/C26H31N5O3/c1-4-20(28-5-2)17-10-16-6-8-27-13-19(16)22(11-17)34-23-12-21(24(32)25(23)33)31-9-7-18-15(3)29-14-30-26(18)31/h4-5,7,9-11,14,21,23-25,27,32-33H,6,8,12-13H2,1-3H3/b20-4-,28-5?. The molecule has 2 aromatic heterocycles. The first-order valence-electron chi connectivity index (χ1n) is 11.8. The van der Waals surface area contributed by atoms with E-state index in [0.29, 0.717) is 13.0 Å². The third-order valence-corrected chi connectivity index (χ3v) is 6.95. The quantitative estimate of drug-likeness (QED) is 0.505. The van der Waals surface area contributed by atoms with Crippen LogP contribution >= 0.6 is 0 Å². The van der Waals surface area contributed by atoms with Crippen molar-refractivity contribution in [2.24, 2.45) is 4.99 Å². The third-order valence-electron chi connectivity index (χ3n) is 6.95. The van der Waals surface area contributed by atoms with E-state index >= 15 is 0 Å². The number of hydrogen-bond acceptors (Lipinski definition) is 7. The molecule has 1 aromatic carbocycles. The van der Waals surface area contributed by atoms with Crippen molar-refractivity contribution < 1.29 is 14.9 Å². The highest BCUT2D eigenvalue weighted by Crippen LogP contribution is 2.38. The number of aromatic nitrogens is 3. The van der Waals surface area contributed by atoms with E-state index in [4.69, 9.17) is 4.74 Å². The van der Waals surface area contributed by atoms with Crippen LogP contribution in [0.5, 0.6) is 5.75 Å². The second-order valence-corrected chi connectivity index (χ2v) is 8.96. The smallest absolute Gasteiger partial charge is 0.143 e. The molecule has 1 aliphatic heterocycles. The fraction of sp³-hybridized carbons (Fsp3) is 0.423. The minimum absolute atomic E-state index is 0.347. The Balaban J connectivity index is 1.48. The Morgan fingerprint density at radius 3 is 2.88 bits per heavy atom. The number of fused-ring (bicyclic) bond motifs is 2. The molecule has 3 N–H and O–H groups in total. The van der Waals surface area contributed by atoms with Crippen molar-refractivity contribution in [1.29, 1.82) is 0 Å². The van der Waals surface area contributed by atoms with Gasteiger partial charge in [-0.15, -0.1) is 0 Å². The van der Waals surface area contributed by atoms with Crippen molar-refractivity contribution in [2.75, 3.05) is 6.54 Å². The van der Waals surface area contributed by atoms with Gasteiger partial charge in [-0.1, -0.05) is 6.08 Å². The van der Waals surface area contributed by atoms with Crippen LogP contribution in [0.4, 0.5) is 0 Å². The van der Waals surface area contributed by atoms with Gasteiger partial charge in [0.2, 0.25) is 0 Å². The molecule has 0 amide bonds. The zero-order chi connectivity index (χ0) is 23.8. The molecule has 0 radical (unpaired) electrons. The molecule has 34 heavy (non-hydrogen) atoms. The highest BCUT2D eigenvalue weighted by atomic mass is 16.5. The van der Waals surface area contributed by atoms with Crippen molar-refractivity contribution in [3.05, 3.63) is 59.2 Å². The van der Waals surface area contributed by atoms with Gasteiger partial charge in [0.25, 0.3) is 0 Å². The predicted octanol–water partition coefficient (Wildman–Crippen LogP) is 2.95. The molecule has 3 heterocycles. The monoisotopic (exact) mass is 461 g/mol. The largest absolute Gasteiger partial charge is 0.487 e. The lowest BCUT2D eigenvalue weighted by atomic mass is 9.96. The fourth-order valence-corrected chi connectivity index (χ4v) is 5.16. The van der Waals surface area contributed by atoms with E-state index in [2.05, 4.69) is 26.3 Å². The van der Waals surface area contributed by atoms with Crippen LogP contribution in [0.3, 0.4) is 0 Å². The van der Waals surface area contributed by atoms with E-state index in [9.17, 15) is 10.2 Å². The van der Waals surface area contributed by atoms with Crippen LogP contribution in [0.15, 0.2) is 41.8 Å². The summed E-state index contributed by atoms with van der Waals surface area (Å²) in [6, 6.07) is 5.79. The Kier molecular flexibility index (Phi) is 6.20. The maximum absolute atomic E-state index is 11.0. The van der Waals surface area contributed by atoms with Gasteiger partial charge in [-0.05, 0) is 57.5 Å². The van der Waals surface area contributed by atoms with E-state index in [1.54, 1.807) is 6.21 Å². The molecule has 178 valence electrons. The lowest BCUT2D eigenvalue weighted by molar-refractivity contribution is -0.0166. The SMILES string of the molecule is CC=N/C(=C\C)c1cc2c(c(OC3CC(n4ccc5c(C)ncnc54)C(O)C3O)c1)CNCC2. The maximum Gasteiger partial charge on any atom is 0.143 e. The lowest BCUT2D eigenvalue weighted by Crippen LogP contribution is -2.35. The van der Waals surface area contributed by atoms with Gasteiger partial charge in [-0.3, -0.25) is 4.99 Å². The molecule has 1 fully saturated rings. The lowest BCUT2D eigenvalue weighted by Gasteiger charge is -2.25. The number of ether oxygens (including phenoxy) is 1. The first-order valence-corrected chi connectivity index (χ1v) is 11.8. The summed E-state index contributed by atoms with van der Waals surface area (Å²) < 4.78 is 8.39. The van der Waals surface area contributed by atoms with Gasteiger partial charge >= 0.3 is 0 Å². The molecular formula is C26H31N5O3. The molecule has 3 aromatic rings. The van der Waals surface area contributed by atoms with Gasteiger partial charge in [-0.25, -0.2) is 9.97 Å². The van der Waals surface area contributed by atoms with Crippen molar-refractivity contribution in [1.82, 2.24) is 19.9 Å². The summed E-state index contributed by atoms with van der Waals surface area (Å²) in [4.78, 5) is 13.2. The first-order chi connectivity index (χ1) is 16.5. The van der Waals surface area contributed by atoms with Crippen LogP contribution in [0.1, 0.15) is 48.7 Å². The molecule has 1 saturated carbocycles. The topological polar surface area (TPSA) is 105 Å². The third kappa shape index (κ3) is 3.91. The number of aliphatic hydroxyl groups excluding tert-OH is 2. The van der Waals surface area contributed by atoms with E-state index in [1.807, 2.05) is 49.7 Å². The zero-order valence-corrected chi connectivity index (χ0v) is 19.8. The van der Waals surface area contributed by atoms with E-state index in [1.165, 1.54) is 11.9 Å². The van der Waals surface area contributed by atoms with Gasteiger partial charge in [0, 0.05) is 41.9 Å². The summed E-state index contributed by atoms with van der Waals surface area (Å²) in [6.07, 6.45) is 6.03. The summed E-state index contributed by atoms with van der Waals surface area (Å²) in [5.41, 5.74) is 5.84. The molecular weight excluding hydrogens is 430 g/mol. The Morgan fingerprint density at radius 2 is 2.09 bits per heavy atom. The maximum atomic E-state index is 11.0. The summed E-state index contributed by atoms with van der Waals surface area (Å²) in [6.45, 7) is 7.43. The number of aliphatic hydroxyl groups is 2. The number of aryl methyl sites for hydroxylation is 1. The molecule has 4 unspecified atom stereocenters. The molecule has 2 aliphatic rings. The second kappa shape index (κ2) is 9.29. The number of hydrogen-bond donors (Lipinski definition) is 3. The average Bonchev–Trinajstić information content (AvgIpc) is 3.40. The van der Waals surface area contributed by atoms with Crippen LogP contribution in [-0.4, -0.2) is 55.8 Å². The van der Waals surface area contributed by atoms with E-state index in [0.717, 1.165) is 52.3 Å². The van der Waals surface area contributed by atoms with Crippen LogP contribution in [0, 0.1) is 6.92 Å². The molecule has 0 saturated heterocycles. The Labute approximate surface area is 199 Å². The van der Waals surface area contributed by atoms with Crippen molar-refractivity contribution in [2.45, 2.75) is 64.5 Å². The predicted molar refractivity (Wildman–Crippen MR) is 132 cm³/mol. The number of nitrogens with one attached hydrogen (secondary N) is 1. The molecule has 0 spiro atoms. The molecule has 8 nitrogen and oxygen atoms in total. The highest BCUT2D eigenvalue weighted by Gasteiger charge is 2.44. The van der Waals surface area contributed by atoms with Crippen LogP contribution in [-0.2, 0) is 13.0 Å². The number of aliphatic imine (C=N–C) groups is 1. The summed E-state index contributed by atoms with van der Waals surface area (Å²) in [5, 5.41) is 26.3. The summed E-state index contributed by atoms with van der Waals surface area (Å²) >= 11 is 0. The average molecular weight is 462 g/mol. The molecule has 0 bridgehead atoms. The van der Waals surface area contributed by atoms with Crippen LogP contribution < -0.4 is 10.1 Å². The normalized spacial score (nSPS) is 25.3. The van der Waals surface area contributed by atoms with Crippen molar-refractivity contribution >= 4 is 22.9 Å². The van der Waals surface area contributed by atoms with Gasteiger partial charge in [0.1, 0.15) is 36.0 Å². The molecule has 4 atom stereocenters. The zero-order valence-electron chi connectivity index (χ0n) is 19.8. The molecule has 1 aliphatic carbocycles. The van der Waals surface area contributed by atoms with E-state index < -0.39 is 18.3 Å². The number of allylic oxidation sites excluding steroid dienone is 1. The summed E-state index contributed by atoms with van der Waals surface area (Å²) in [7, 11) is 0. The Morgan fingerprint density at radius 1 is 1.24 bits per heavy atom. The van der Waals surface area contributed by atoms with Gasteiger partial charge in [0.15, 0.2) is 0 Å². The van der Waals surface area contributed by atoms with Crippen molar-refractivity contribution in [3.8, 4) is 5.75 Å². The van der Waals surface area contributed by atoms with Crippen molar-refractivity contribution in [3.63, 3.8) is 0 Å². The highest BCUT2D eigenvalue weighted by molar-refractivity contribution is 5.78. The minimum Gasteiger partial charge on any atom is -0.487 e. The first kappa shape index (κ1) is 22.7. The van der Waals surface area contributed by atoms with Gasteiger partial charge in [0.05, 0.1) is 17.4 Å². The Hall–Kier alpha value is -3.07. The summed E-state index contributed by atoms with van der Waals surface area (Å²) in [5.74, 6) is 0.734. The number of benzene rings is 1. The minimum atomic E-state index is -1.02. The van der Waals surface area contributed by atoms with Crippen LogP contribution in [0.2, 0.25) is 0 Å². The molecule has 5 rings (SSSR count).